The van der Waals surface area contributed by atoms with Crippen molar-refractivity contribution in [3.8, 4) is 0 Å². The highest BCUT2D eigenvalue weighted by Crippen LogP contribution is 2.06. The summed E-state index contributed by atoms with van der Waals surface area (Å²) < 4.78 is 4.99. The van der Waals surface area contributed by atoms with E-state index in [-0.39, 0.29) is 0 Å². The van der Waals surface area contributed by atoms with Crippen molar-refractivity contribution in [2.24, 2.45) is 0 Å². The van der Waals surface area contributed by atoms with Gasteiger partial charge in [-0.05, 0) is 33.8 Å². The van der Waals surface area contributed by atoms with Gasteiger partial charge in [-0.1, -0.05) is 12.2 Å². The fourth-order valence-corrected chi connectivity index (χ4v) is 0.590. The molecule has 0 aromatic heterocycles. The van der Waals surface area contributed by atoms with Crippen LogP contribution < -0.4 is 5.32 Å². The Morgan fingerprint density at radius 2 is 1.92 bits per heavy atom. The highest BCUT2D eigenvalue weighted by atomic mass is 16.6. The van der Waals surface area contributed by atoms with E-state index in [1.165, 1.54) is 6.20 Å². The average molecular weight is 183 g/mol. The van der Waals surface area contributed by atoms with E-state index in [4.69, 9.17) is 4.74 Å². The van der Waals surface area contributed by atoms with Gasteiger partial charge in [-0.25, -0.2) is 4.79 Å². The molecule has 0 aliphatic carbocycles. The van der Waals surface area contributed by atoms with Gasteiger partial charge in [-0.2, -0.15) is 0 Å². The Balaban J connectivity index is 3.76. The molecule has 13 heavy (non-hydrogen) atoms. The first-order valence-electron chi connectivity index (χ1n) is 4.23. The van der Waals surface area contributed by atoms with Gasteiger partial charge in [0.2, 0.25) is 0 Å². The summed E-state index contributed by atoms with van der Waals surface area (Å²) in [6.45, 7) is 7.37. The molecule has 0 spiro atoms. The molecule has 0 rings (SSSR count). The van der Waals surface area contributed by atoms with E-state index in [1.807, 2.05) is 39.8 Å². The first kappa shape index (κ1) is 11.8. The summed E-state index contributed by atoms with van der Waals surface area (Å²) in [6, 6.07) is 0. The molecule has 1 amide bonds. The van der Waals surface area contributed by atoms with Crippen molar-refractivity contribution in [2.75, 3.05) is 0 Å². The van der Waals surface area contributed by atoms with Crippen molar-refractivity contribution in [1.82, 2.24) is 5.32 Å². The van der Waals surface area contributed by atoms with Crippen molar-refractivity contribution in [2.45, 2.75) is 33.3 Å². The molecule has 0 atom stereocenters. The summed E-state index contributed by atoms with van der Waals surface area (Å²) >= 11 is 0. The van der Waals surface area contributed by atoms with Gasteiger partial charge in [0.05, 0.1) is 0 Å². The van der Waals surface area contributed by atoms with E-state index in [9.17, 15) is 4.79 Å². The standard InChI is InChI=1S/C10H17NO2/c1-5-6-7-8-11-9(12)13-10(2,3)4/h5-8H,1-4H3,(H,11,12)/b6-5+,8-7-. The van der Waals surface area contributed by atoms with Gasteiger partial charge in [0, 0.05) is 6.20 Å². The van der Waals surface area contributed by atoms with Crippen molar-refractivity contribution in [1.29, 1.82) is 0 Å². The van der Waals surface area contributed by atoms with E-state index in [2.05, 4.69) is 5.32 Å². The lowest BCUT2D eigenvalue weighted by Gasteiger charge is -2.18. The number of amides is 1. The highest BCUT2D eigenvalue weighted by Gasteiger charge is 2.14. The van der Waals surface area contributed by atoms with Gasteiger partial charge in [-0.15, -0.1) is 0 Å². The van der Waals surface area contributed by atoms with Gasteiger partial charge in [0.1, 0.15) is 5.60 Å². The molecule has 0 fully saturated rings. The molecule has 0 saturated heterocycles. The third-order valence-electron chi connectivity index (χ3n) is 1.000. The van der Waals surface area contributed by atoms with Crippen LogP contribution in [0, 0.1) is 0 Å². The number of carbonyl (C=O) groups is 1. The van der Waals surface area contributed by atoms with Gasteiger partial charge in [0.15, 0.2) is 0 Å². The van der Waals surface area contributed by atoms with Crippen molar-refractivity contribution in [3.05, 3.63) is 24.4 Å². The van der Waals surface area contributed by atoms with Crippen LogP contribution in [0.2, 0.25) is 0 Å². The first-order valence-corrected chi connectivity index (χ1v) is 4.23. The fourth-order valence-electron chi connectivity index (χ4n) is 0.590. The van der Waals surface area contributed by atoms with E-state index in [0.29, 0.717) is 0 Å². The normalized spacial score (nSPS) is 12.3. The van der Waals surface area contributed by atoms with Crippen LogP contribution in [0.3, 0.4) is 0 Å². The number of hydrogen-bond acceptors (Lipinski definition) is 2. The van der Waals surface area contributed by atoms with E-state index >= 15 is 0 Å². The minimum Gasteiger partial charge on any atom is -0.444 e. The second-order valence-electron chi connectivity index (χ2n) is 3.53. The number of alkyl carbamates (subject to hydrolysis) is 1. The van der Waals surface area contributed by atoms with Crippen LogP contribution in [0.5, 0.6) is 0 Å². The number of nitrogens with one attached hydrogen (secondary N) is 1. The van der Waals surface area contributed by atoms with Crippen LogP contribution in [-0.2, 0) is 4.74 Å². The molecule has 3 heteroatoms. The quantitative estimate of drug-likeness (QED) is 0.668. The molecule has 0 bridgehead atoms. The highest BCUT2D eigenvalue weighted by molar-refractivity contribution is 5.68. The van der Waals surface area contributed by atoms with Crippen molar-refractivity contribution in [3.63, 3.8) is 0 Å². The Hall–Kier alpha value is -1.25. The van der Waals surface area contributed by atoms with Crippen molar-refractivity contribution < 1.29 is 9.53 Å². The van der Waals surface area contributed by atoms with E-state index in [1.54, 1.807) is 6.08 Å². The third-order valence-corrected chi connectivity index (χ3v) is 1.000. The lowest BCUT2D eigenvalue weighted by molar-refractivity contribution is 0.0552. The molecule has 0 unspecified atom stereocenters. The summed E-state index contributed by atoms with van der Waals surface area (Å²) in [5, 5.41) is 2.48. The summed E-state index contributed by atoms with van der Waals surface area (Å²) in [7, 11) is 0. The first-order chi connectivity index (χ1) is 5.95. The number of allylic oxidation sites excluding steroid dienone is 3. The maximum absolute atomic E-state index is 11.0. The second kappa shape index (κ2) is 5.41. The van der Waals surface area contributed by atoms with Crippen LogP contribution in [0.4, 0.5) is 4.79 Å². The van der Waals surface area contributed by atoms with Gasteiger partial charge < -0.3 is 4.74 Å². The molecule has 0 radical (unpaired) electrons. The number of hydrogen-bond donors (Lipinski definition) is 1. The van der Waals surface area contributed by atoms with E-state index in [0.717, 1.165) is 0 Å². The molecule has 3 nitrogen and oxygen atoms in total. The maximum Gasteiger partial charge on any atom is 0.411 e. The molecule has 0 aliphatic heterocycles. The molecule has 0 saturated carbocycles. The Morgan fingerprint density at radius 1 is 1.31 bits per heavy atom. The Labute approximate surface area is 79.5 Å². The third kappa shape index (κ3) is 8.66. The molecule has 0 heterocycles. The zero-order valence-corrected chi connectivity index (χ0v) is 8.63. The number of rotatable bonds is 2. The zero-order chi connectivity index (χ0) is 10.3. The smallest absolute Gasteiger partial charge is 0.411 e. The van der Waals surface area contributed by atoms with Crippen LogP contribution in [0.15, 0.2) is 24.4 Å². The maximum atomic E-state index is 11.0. The van der Waals surface area contributed by atoms with Crippen LogP contribution >= 0.6 is 0 Å². The molecule has 0 aromatic rings. The molecule has 74 valence electrons. The molecular formula is C10H17NO2. The van der Waals surface area contributed by atoms with Gasteiger partial charge >= 0.3 is 6.09 Å². The van der Waals surface area contributed by atoms with Crippen molar-refractivity contribution >= 4 is 6.09 Å². The molecular weight excluding hydrogens is 166 g/mol. The van der Waals surface area contributed by atoms with Gasteiger partial charge in [0.25, 0.3) is 0 Å². The van der Waals surface area contributed by atoms with Crippen LogP contribution in [0.1, 0.15) is 27.7 Å². The predicted molar refractivity (Wildman–Crippen MR) is 53.3 cm³/mol. The molecule has 1 N–H and O–H groups in total. The summed E-state index contributed by atoms with van der Waals surface area (Å²) in [6.07, 6.45) is 6.51. The number of ether oxygens (including phenoxy) is 1. The van der Waals surface area contributed by atoms with Gasteiger partial charge in [-0.3, -0.25) is 5.32 Å². The SMILES string of the molecule is C/C=C/C=C\NC(=O)OC(C)(C)C. The van der Waals surface area contributed by atoms with Crippen LogP contribution in [-0.4, -0.2) is 11.7 Å². The van der Waals surface area contributed by atoms with Crippen LogP contribution in [0.25, 0.3) is 0 Å². The number of carbonyl (C=O) groups excluding carboxylic acids is 1. The lowest BCUT2D eigenvalue weighted by Crippen LogP contribution is -2.29. The minimum absolute atomic E-state index is 0.437. The summed E-state index contributed by atoms with van der Waals surface area (Å²) in [5.74, 6) is 0. The summed E-state index contributed by atoms with van der Waals surface area (Å²) in [5.41, 5.74) is -0.446. The second-order valence-corrected chi connectivity index (χ2v) is 3.53. The predicted octanol–water partition coefficient (Wildman–Crippen LogP) is 2.60. The average Bonchev–Trinajstić information content (AvgIpc) is 1.94. The Morgan fingerprint density at radius 3 is 2.38 bits per heavy atom. The molecule has 0 aromatic carbocycles. The lowest BCUT2D eigenvalue weighted by atomic mass is 10.2. The Kier molecular flexibility index (Phi) is 4.89. The Bertz CT molecular complexity index is 211. The monoisotopic (exact) mass is 183 g/mol. The fraction of sp³-hybridized carbons (Fsp3) is 0.500. The largest absolute Gasteiger partial charge is 0.444 e. The minimum atomic E-state index is -0.446. The topological polar surface area (TPSA) is 38.3 Å². The zero-order valence-electron chi connectivity index (χ0n) is 8.63. The molecule has 0 aliphatic rings. The van der Waals surface area contributed by atoms with E-state index < -0.39 is 11.7 Å². The summed E-state index contributed by atoms with van der Waals surface area (Å²) in [4.78, 5) is 11.0.